The van der Waals surface area contributed by atoms with Crippen LogP contribution >= 0.6 is 0 Å². The van der Waals surface area contributed by atoms with Gasteiger partial charge < -0.3 is 4.90 Å². The quantitative estimate of drug-likeness (QED) is 0.626. The summed E-state index contributed by atoms with van der Waals surface area (Å²) in [5, 5.41) is 8.75. The molecule has 2 aromatic carbocycles. The maximum absolute atomic E-state index is 4.41. The number of azo groups is 1. The molecule has 0 unspecified atom stereocenters. The van der Waals surface area contributed by atoms with Crippen molar-refractivity contribution >= 4 is 17.1 Å². The van der Waals surface area contributed by atoms with Gasteiger partial charge in [0.05, 0.1) is 11.4 Å². The first kappa shape index (κ1) is 15.7. The van der Waals surface area contributed by atoms with Crippen LogP contribution in [0.15, 0.2) is 52.7 Å². The van der Waals surface area contributed by atoms with Gasteiger partial charge in [0.25, 0.3) is 0 Å². The fourth-order valence-corrected chi connectivity index (χ4v) is 3.03. The highest BCUT2D eigenvalue weighted by Gasteiger charge is 2.16. The molecule has 0 aliphatic carbocycles. The molecule has 0 fully saturated rings. The third-order valence-electron chi connectivity index (χ3n) is 4.37. The Bertz CT molecular complexity index is 674. The lowest BCUT2D eigenvalue weighted by Gasteiger charge is -2.31. The van der Waals surface area contributed by atoms with Gasteiger partial charge in [0, 0.05) is 18.8 Å². The first-order valence-corrected chi connectivity index (χ1v) is 8.62. The second-order valence-corrected chi connectivity index (χ2v) is 6.29. The van der Waals surface area contributed by atoms with E-state index in [0.29, 0.717) is 0 Å². The number of fused-ring (bicyclic) bond motifs is 1. The normalized spacial score (nSPS) is 14.3. The van der Waals surface area contributed by atoms with Gasteiger partial charge in [0.15, 0.2) is 0 Å². The van der Waals surface area contributed by atoms with E-state index in [0.717, 1.165) is 24.3 Å². The molecule has 1 aliphatic heterocycles. The number of benzene rings is 2. The van der Waals surface area contributed by atoms with Crippen molar-refractivity contribution in [2.24, 2.45) is 10.2 Å². The molecule has 0 saturated heterocycles. The van der Waals surface area contributed by atoms with Crippen molar-refractivity contribution < 1.29 is 0 Å². The van der Waals surface area contributed by atoms with Gasteiger partial charge in [-0.15, -0.1) is 0 Å². The Morgan fingerprint density at radius 2 is 1.74 bits per heavy atom. The second-order valence-electron chi connectivity index (χ2n) is 6.29. The van der Waals surface area contributed by atoms with Crippen molar-refractivity contribution in [2.45, 2.75) is 39.5 Å². The van der Waals surface area contributed by atoms with Crippen molar-refractivity contribution in [1.29, 1.82) is 0 Å². The summed E-state index contributed by atoms with van der Waals surface area (Å²) in [4.78, 5) is 2.52. The average molecular weight is 307 g/mol. The molecule has 0 atom stereocenters. The van der Waals surface area contributed by atoms with Gasteiger partial charge >= 0.3 is 0 Å². The Morgan fingerprint density at radius 1 is 1.00 bits per heavy atom. The molecule has 0 spiro atoms. The Labute approximate surface area is 139 Å². The molecule has 0 amide bonds. The maximum atomic E-state index is 4.41. The minimum atomic E-state index is 0.901. The molecule has 0 radical (unpaired) electrons. The Balaban J connectivity index is 1.76. The molecule has 1 aliphatic rings. The van der Waals surface area contributed by atoms with Crippen LogP contribution in [0, 0.1) is 6.92 Å². The highest BCUT2D eigenvalue weighted by Crippen LogP contribution is 2.31. The predicted octanol–water partition coefficient (Wildman–Crippen LogP) is 5.96. The molecule has 0 aromatic heterocycles. The summed E-state index contributed by atoms with van der Waals surface area (Å²) in [6, 6.07) is 14.6. The summed E-state index contributed by atoms with van der Waals surface area (Å²) < 4.78 is 0. The fourth-order valence-electron chi connectivity index (χ4n) is 3.03. The average Bonchev–Trinajstić information content (AvgIpc) is 2.59. The molecular formula is C20H25N3. The van der Waals surface area contributed by atoms with E-state index < -0.39 is 0 Å². The van der Waals surface area contributed by atoms with E-state index >= 15 is 0 Å². The first-order valence-electron chi connectivity index (χ1n) is 8.62. The first-order chi connectivity index (χ1) is 11.3. The van der Waals surface area contributed by atoms with Gasteiger partial charge in [-0.3, -0.25) is 0 Å². The van der Waals surface area contributed by atoms with E-state index in [4.69, 9.17) is 0 Å². The van der Waals surface area contributed by atoms with Crippen LogP contribution in [-0.2, 0) is 6.42 Å². The monoisotopic (exact) mass is 307 g/mol. The molecule has 23 heavy (non-hydrogen) atoms. The van der Waals surface area contributed by atoms with E-state index in [9.17, 15) is 0 Å². The number of hydrogen-bond donors (Lipinski definition) is 0. The fraction of sp³-hybridized carbons (Fsp3) is 0.400. The van der Waals surface area contributed by atoms with Crippen molar-refractivity contribution in [3.8, 4) is 0 Å². The summed E-state index contributed by atoms with van der Waals surface area (Å²) in [5.74, 6) is 0. The van der Waals surface area contributed by atoms with Crippen molar-refractivity contribution in [3.63, 3.8) is 0 Å². The van der Waals surface area contributed by atoms with Crippen LogP contribution in [0.25, 0.3) is 0 Å². The molecule has 3 rings (SSSR count). The van der Waals surface area contributed by atoms with Crippen LogP contribution in [0.3, 0.4) is 0 Å². The lowest BCUT2D eigenvalue weighted by Crippen LogP contribution is -2.30. The van der Waals surface area contributed by atoms with Gasteiger partial charge in [0.1, 0.15) is 0 Å². The molecule has 1 heterocycles. The molecule has 3 nitrogen and oxygen atoms in total. The zero-order valence-electron chi connectivity index (χ0n) is 14.1. The largest absolute Gasteiger partial charge is 0.371 e. The topological polar surface area (TPSA) is 28.0 Å². The van der Waals surface area contributed by atoms with Crippen LogP contribution in [0.5, 0.6) is 0 Å². The summed E-state index contributed by atoms with van der Waals surface area (Å²) >= 11 is 0. The minimum absolute atomic E-state index is 0.901. The number of anilines is 1. The second kappa shape index (κ2) is 7.40. The van der Waals surface area contributed by atoms with Crippen LogP contribution in [0.1, 0.15) is 37.3 Å². The van der Waals surface area contributed by atoms with Gasteiger partial charge in [0.2, 0.25) is 0 Å². The van der Waals surface area contributed by atoms with Crippen molar-refractivity contribution in [1.82, 2.24) is 0 Å². The maximum Gasteiger partial charge on any atom is 0.0861 e. The predicted molar refractivity (Wildman–Crippen MR) is 97.2 cm³/mol. The van der Waals surface area contributed by atoms with Crippen LogP contribution < -0.4 is 4.90 Å². The molecule has 3 heteroatoms. The lowest BCUT2D eigenvalue weighted by molar-refractivity contribution is 0.658. The Kier molecular flexibility index (Phi) is 5.06. The summed E-state index contributed by atoms with van der Waals surface area (Å²) in [6.07, 6.45) is 4.88. The SMILES string of the molecule is CCCCN1CCCc2cc(N=Nc3ccc(C)cc3)ccc21. The zero-order valence-corrected chi connectivity index (χ0v) is 14.1. The Hall–Kier alpha value is -2.16. The highest BCUT2D eigenvalue weighted by atomic mass is 15.1. The Morgan fingerprint density at radius 3 is 2.52 bits per heavy atom. The van der Waals surface area contributed by atoms with E-state index in [1.807, 2.05) is 12.1 Å². The summed E-state index contributed by atoms with van der Waals surface area (Å²) in [7, 11) is 0. The standard InChI is InChI=1S/C20H25N3/c1-3-4-13-23-14-5-6-17-15-19(11-12-20(17)23)22-21-18-9-7-16(2)8-10-18/h7-12,15H,3-6,13-14H2,1-2H3. The molecule has 0 N–H and O–H groups in total. The molecule has 0 saturated carbocycles. The van der Waals surface area contributed by atoms with Gasteiger partial charge in [-0.2, -0.15) is 10.2 Å². The lowest BCUT2D eigenvalue weighted by atomic mass is 10.0. The van der Waals surface area contributed by atoms with Gasteiger partial charge in [-0.1, -0.05) is 31.0 Å². The number of nitrogens with zero attached hydrogens (tertiary/aromatic N) is 3. The summed E-state index contributed by atoms with van der Waals surface area (Å²) in [5.41, 5.74) is 5.89. The van der Waals surface area contributed by atoms with E-state index in [2.05, 4.69) is 59.3 Å². The molecule has 120 valence electrons. The minimum Gasteiger partial charge on any atom is -0.371 e. The van der Waals surface area contributed by atoms with E-state index in [1.165, 1.54) is 42.6 Å². The highest BCUT2D eigenvalue weighted by molar-refractivity contribution is 5.60. The molecule has 0 bridgehead atoms. The van der Waals surface area contributed by atoms with Gasteiger partial charge in [-0.25, -0.2) is 0 Å². The number of hydrogen-bond acceptors (Lipinski definition) is 3. The van der Waals surface area contributed by atoms with Crippen LogP contribution in [-0.4, -0.2) is 13.1 Å². The van der Waals surface area contributed by atoms with Crippen molar-refractivity contribution in [2.75, 3.05) is 18.0 Å². The smallest absolute Gasteiger partial charge is 0.0861 e. The number of unbranched alkanes of at least 4 members (excludes halogenated alkanes) is 1. The zero-order chi connectivity index (χ0) is 16.1. The van der Waals surface area contributed by atoms with Crippen LogP contribution in [0.2, 0.25) is 0 Å². The molecule has 2 aromatic rings. The van der Waals surface area contributed by atoms with Crippen molar-refractivity contribution in [3.05, 3.63) is 53.6 Å². The van der Waals surface area contributed by atoms with E-state index in [1.54, 1.807) is 0 Å². The third kappa shape index (κ3) is 3.98. The van der Waals surface area contributed by atoms with Gasteiger partial charge in [-0.05, 0) is 62.1 Å². The molecular weight excluding hydrogens is 282 g/mol. The summed E-state index contributed by atoms with van der Waals surface area (Å²) in [6.45, 7) is 6.67. The number of rotatable bonds is 5. The third-order valence-corrected chi connectivity index (χ3v) is 4.37. The van der Waals surface area contributed by atoms with Crippen LogP contribution in [0.4, 0.5) is 17.1 Å². The van der Waals surface area contributed by atoms with E-state index in [-0.39, 0.29) is 0 Å². The number of aryl methyl sites for hydroxylation is 2.